The minimum Gasteiger partial charge on any atom is -0.297 e. The fourth-order valence-electron chi connectivity index (χ4n) is 1.33. The van der Waals surface area contributed by atoms with Gasteiger partial charge in [-0.15, -0.1) is 11.8 Å². The Kier molecular flexibility index (Phi) is 5.53. The summed E-state index contributed by atoms with van der Waals surface area (Å²) in [6, 6.07) is 5.34. The summed E-state index contributed by atoms with van der Waals surface area (Å²) in [6.45, 7) is 0. The van der Waals surface area contributed by atoms with Crippen LogP contribution in [0.2, 0.25) is 0 Å². The Labute approximate surface area is 117 Å². The van der Waals surface area contributed by atoms with E-state index in [1.807, 2.05) is 6.07 Å². The van der Waals surface area contributed by atoms with Crippen LogP contribution >= 0.6 is 11.8 Å². The number of alkyl halides is 3. The quantitative estimate of drug-likeness (QED) is 0.781. The standard InChI is InChI=1S/C12H8F3N3OS/c13-12(14,15)8-1-2-10(18-6-8)9(5-17)11(19)7-20-4-3-16/h1-2,6,9H,4,7H2. The first-order valence-corrected chi connectivity index (χ1v) is 6.45. The van der Waals surface area contributed by atoms with Crippen molar-refractivity contribution in [1.82, 2.24) is 4.98 Å². The molecule has 0 radical (unpaired) electrons. The van der Waals surface area contributed by atoms with Crippen LogP contribution in [0.3, 0.4) is 0 Å². The summed E-state index contributed by atoms with van der Waals surface area (Å²) in [5, 5.41) is 17.3. The second kappa shape index (κ2) is 6.92. The number of hydrogen-bond acceptors (Lipinski definition) is 5. The Hall–Kier alpha value is -2.06. The average molecular weight is 299 g/mol. The highest BCUT2D eigenvalue weighted by atomic mass is 32.2. The molecule has 0 N–H and O–H groups in total. The maximum absolute atomic E-state index is 12.4. The van der Waals surface area contributed by atoms with Crippen LogP contribution in [-0.2, 0) is 11.0 Å². The molecule has 0 saturated heterocycles. The number of nitrogens with zero attached hydrogens (tertiary/aromatic N) is 3. The Morgan fingerprint density at radius 1 is 1.40 bits per heavy atom. The van der Waals surface area contributed by atoms with E-state index in [0.717, 1.165) is 23.9 Å². The van der Waals surface area contributed by atoms with Crippen molar-refractivity contribution in [2.24, 2.45) is 0 Å². The molecular formula is C12H8F3N3OS. The van der Waals surface area contributed by atoms with Gasteiger partial charge in [-0.2, -0.15) is 23.7 Å². The van der Waals surface area contributed by atoms with E-state index in [1.165, 1.54) is 0 Å². The smallest absolute Gasteiger partial charge is 0.297 e. The number of nitriles is 2. The normalized spacial score (nSPS) is 12.2. The van der Waals surface area contributed by atoms with Gasteiger partial charge in [0.05, 0.1) is 34.9 Å². The summed E-state index contributed by atoms with van der Waals surface area (Å²) in [6.07, 6.45) is -3.92. The minimum absolute atomic E-state index is 0.0249. The Morgan fingerprint density at radius 2 is 2.10 bits per heavy atom. The second-order valence-electron chi connectivity index (χ2n) is 3.65. The summed E-state index contributed by atoms with van der Waals surface area (Å²) in [4.78, 5) is 15.2. The minimum atomic E-state index is -4.51. The number of hydrogen-bond donors (Lipinski definition) is 0. The van der Waals surface area contributed by atoms with Crippen LogP contribution in [0.5, 0.6) is 0 Å². The monoisotopic (exact) mass is 299 g/mol. The number of thioether (sulfide) groups is 1. The van der Waals surface area contributed by atoms with Gasteiger partial charge in [0.1, 0.15) is 5.92 Å². The average Bonchev–Trinajstić information content (AvgIpc) is 2.39. The molecule has 0 aliphatic carbocycles. The van der Waals surface area contributed by atoms with Crippen molar-refractivity contribution in [2.45, 2.75) is 12.1 Å². The fraction of sp³-hybridized carbons (Fsp3) is 0.333. The van der Waals surface area contributed by atoms with E-state index in [1.54, 1.807) is 6.07 Å². The van der Waals surface area contributed by atoms with Crippen LogP contribution in [0.25, 0.3) is 0 Å². The molecule has 0 aliphatic rings. The maximum Gasteiger partial charge on any atom is 0.417 e. The summed E-state index contributed by atoms with van der Waals surface area (Å²) in [5.41, 5.74) is -0.965. The van der Waals surface area contributed by atoms with Crippen molar-refractivity contribution in [3.63, 3.8) is 0 Å². The highest BCUT2D eigenvalue weighted by molar-refractivity contribution is 8.00. The van der Waals surface area contributed by atoms with Gasteiger partial charge in [0, 0.05) is 6.20 Å². The maximum atomic E-state index is 12.4. The van der Waals surface area contributed by atoms with Gasteiger partial charge in [-0.05, 0) is 12.1 Å². The van der Waals surface area contributed by atoms with E-state index in [2.05, 4.69) is 4.98 Å². The first kappa shape index (κ1) is 16.0. The zero-order valence-corrected chi connectivity index (χ0v) is 10.8. The Bertz CT molecular complexity index is 557. The molecular weight excluding hydrogens is 291 g/mol. The van der Waals surface area contributed by atoms with E-state index in [4.69, 9.17) is 10.5 Å². The summed E-state index contributed by atoms with van der Waals surface area (Å²) >= 11 is 1.04. The largest absolute Gasteiger partial charge is 0.417 e. The number of aromatic nitrogens is 1. The Balaban J connectivity index is 2.84. The molecule has 1 aromatic heterocycles. The number of carbonyl (C=O) groups excluding carboxylic acids is 1. The van der Waals surface area contributed by atoms with Crippen LogP contribution in [0, 0.1) is 22.7 Å². The number of rotatable bonds is 5. The summed E-state index contributed by atoms with van der Waals surface area (Å²) in [5.74, 6) is -1.66. The molecule has 0 amide bonds. The van der Waals surface area contributed by atoms with Gasteiger partial charge in [-0.3, -0.25) is 9.78 Å². The molecule has 0 aliphatic heterocycles. The molecule has 0 fully saturated rings. The van der Waals surface area contributed by atoms with Crippen molar-refractivity contribution in [1.29, 1.82) is 10.5 Å². The molecule has 8 heteroatoms. The van der Waals surface area contributed by atoms with Gasteiger partial charge in [0.25, 0.3) is 0 Å². The lowest BCUT2D eigenvalue weighted by atomic mass is 10.0. The van der Waals surface area contributed by atoms with Gasteiger partial charge in [0.15, 0.2) is 5.78 Å². The third-order valence-corrected chi connectivity index (χ3v) is 3.09. The molecule has 0 spiro atoms. The highest BCUT2D eigenvalue weighted by Crippen LogP contribution is 2.29. The number of carbonyl (C=O) groups is 1. The third-order valence-electron chi connectivity index (χ3n) is 2.27. The van der Waals surface area contributed by atoms with Crippen molar-refractivity contribution >= 4 is 17.5 Å². The van der Waals surface area contributed by atoms with Gasteiger partial charge < -0.3 is 0 Å². The first-order valence-electron chi connectivity index (χ1n) is 5.30. The van der Waals surface area contributed by atoms with E-state index in [9.17, 15) is 18.0 Å². The van der Waals surface area contributed by atoms with Crippen molar-refractivity contribution in [2.75, 3.05) is 11.5 Å². The summed E-state index contributed by atoms with van der Waals surface area (Å²) < 4.78 is 37.1. The molecule has 4 nitrogen and oxygen atoms in total. The van der Waals surface area contributed by atoms with Crippen molar-refractivity contribution in [3.8, 4) is 12.1 Å². The van der Waals surface area contributed by atoms with E-state index >= 15 is 0 Å². The van der Waals surface area contributed by atoms with Gasteiger partial charge in [-0.1, -0.05) is 0 Å². The Morgan fingerprint density at radius 3 is 2.55 bits per heavy atom. The SMILES string of the molecule is N#CCSCC(=O)C(C#N)c1ccc(C(F)(F)F)cn1. The number of halogens is 3. The molecule has 104 valence electrons. The second-order valence-corrected chi connectivity index (χ2v) is 4.63. The van der Waals surface area contributed by atoms with Gasteiger partial charge in [-0.25, -0.2) is 0 Å². The van der Waals surface area contributed by atoms with Crippen LogP contribution in [-0.4, -0.2) is 22.3 Å². The zero-order chi connectivity index (χ0) is 15.2. The van der Waals surface area contributed by atoms with Gasteiger partial charge in [0.2, 0.25) is 0 Å². The predicted molar refractivity (Wildman–Crippen MR) is 65.5 cm³/mol. The molecule has 1 heterocycles. The van der Waals surface area contributed by atoms with Crippen LogP contribution in [0.15, 0.2) is 18.3 Å². The first-order chi connectivity index (χ1) is 9.40. The molecule has 0 aromatic carbocycles. The van der Waals surface area contributed by atoms with E-state index in [-0.39, 0.29) is 17.2 Å². The third kappa shape index (κ3) is 4.25. The molecule has 1 rings (SSSR count). The van der Waals surface area contributed by atoms with E-state index < -0.39 is 23.4 Å². The molecule has 1 aromatic rings. The topological polar surface area (TPSA) is 77.5 Å². The molecule has 0 bridgehead atoms. The van der Waals surface area contributed by atoms with Crippen molar-refractivity contribution < 1.29 is 18.0 Å². The number of ketones is 1. The lowest BCUT2D eigenvalue weighted by Gasteiger charge is -2.09. The lowest BCUT2D eigenvalue weighted by molar-refractivity contribution is -0.137. The van der Waals surface area contributed by atoms with Gasteiger partial charge >= 0.3 is 6.18 Å². The predicted octanol–water partition coefficient (Wildman–Crippen LogP) is 2.53. The fourth-order valence-corrected chi connectivity index (χ4v) is 1.89. The highest BCUT2D eigenvalue weighted by Gasteiger charge is 2.31. The van der Waals surface area contributed by atoms with E-state index in [0.29, 0.717) is 6.20 Å². The molecule has 0 saturated carbocycles. The van der Waals surface area contributed by atoms with Crippen LogP contribution in [0.4, 0.5) is 13.2 Å². The molecule has 1 unspecified atom stereocenters. The lowest BCUT2D eigenvalue weighted by Crippen LogP contribution is -2.15. The van der Waals surface area contributed by atoms with Crippen LogP contribution in [0.1, 0.15) is 17.2 Å². The number of Topliss-reactive ketones (excluding diaryl/α,β-unsaturated/α-hetero) is 1. The summed E-state index contributed by atoms with van der Waals surface area (Å²) in [7, 11) is 0. The van der Waals surface area contributed by atoms with Crippen molar-refractivity contribution in [3.05, 3.63) is 29.6 Å². The number of pyridine rings is 1. The molecule has 20 heavy (non-hydrogen) atoms. The molecule has 1 atom stereocenters. The van der Waals surface area contributed by atoms with Crippen LogP contribution < -0.4 is 0 Å². The zero-order valence-electron chi connectivity index (χ0n) is 10.0.